The minimum absolute atomic E-state index is 0.139. The van der Waals surface area contributed by atoms with Gasteiger partial charge in [0.1, 0.15) is 5.75 Å². The molecule has 1 aliphatic carbocycles. The van der Waals surface area contributed by atoms with Crippen LogP contribution < -0.4 is 15.4 Å². The van der Waals surface area contributed by atoms with Gasteiger partial charge in [-0.3, -0.25) is 0 Å². The van der Waals surface area contributed by atoms with Gasteiger partial charge in [-0.15, -0.1) is 0 Å². The van der Waals surface area contributed by atoms with Crippen molar-refractivity contribution in [3.8, 4) is 5.75 Å². The first kappa shape index (κ1) is 15.5. The van der Waals surface area contributed by atoms with Gasteiger partial charge in [0.15, 0.2) is 0 Å². The molecule has 0 radical (unpaired) electrons. The second-order valence-corrected chi connectivity index (χ2v) is 5.15. The third-order valence-corrected chi connectivity index (χ3v) is 3.54. The van der Waals surface area contributed by atoms with Crippen molar-refractivity contribution in [1.29, 1.82) is 0 Å². The molecule has 1 aromatic rings. The summed E-state index contributed by atoms with van der Waals surface area (Å²) in [4.78, 5) is 11.6. The first-order chi connectivity index (χ1) is 10.1. The van der Waals surface area contributed by atoms with Gasteiger partial charge in [0.25, 0.3) is 0 Å². The fraction of sp³-hybridized carbons (Fsp3) is 0.533. The van der Waals surface area contributed by atoms with Crippen LogP contribution in [0.3, 0.4) is 0 Å². The molecule has 4 nitrogen and oxygen atoms in total. The normalized spacial score (nSPS) is 15.2. The molecule has 6 heteroatoms. The average molecular weight is 298 g/mol. The maximum atomic E-state index is 12.0. The number of carbonyl (C=O) groups is 1. The molecular weight excluding hydrogens is 278 g/mol. The van der Waals surface area contributed by atoms with E-state index >= 15 is 0 Å². The summed E-state index contributed by atoms with van der Waals surface area (Å²) in [5.74, 6) is 0.140. The van der Waals surface area contributed by atoms with E-state index in [0.29, 0.717) is 19.0 Å². The first-order valence-electron chi connectivity index (χ1n) is 7.21. The maximum absolute atomic E-state index is 12.0. The fourth-order valence-electron chi connectivity index (χ4n) is 2.46. The van der Waals surface area contributed by atoms with Gasteiger partial charge >= 0.3 is 12.6 Å². The molecular formula is C15H20F2N2O2. The lowest BCUT2D eigenvalue weighted by Crippen LogP contribution is -2.41. The standard InChI is InChI=1S/C15H20F2N2O2/c16-14(17)21-13-7-5-11(6-8-13)9-10-18-15(20)19-12-3-1-2-4-12/h5-8,12,14H,1-4,9-10H2,(H2,18,19,20). The number of halogens is 2. The highest BCUT2D eigenvalue weighted by atomic mass is 19.3. The van der Waals surface area contributed by atoms with E-state index in [2.05, 4.69) is 15.4 Å². The lowest BCUT2D eigenvalue weighted by molar-refractivity contribution is -0.0498. The Morgan fingerprint density at radius 1 is 1.24 bits per heavy atom. The Hall–Kier alpha value is -1.85. The SMILES string of the molecule is O=C(NCCc1ccc(OC(F)F)cc1)NC1CCCC1. The topological polar surface area (TPSA) is 50.4 Å². The molecule has 116 valence electrons. The van der Waals surface area contributed by atoms with Gasteiger partial charge in [0, 0.05) is 12.6 Å². The predicted molar refractivity (Wildman–Crippen MR) is 75.6 cm³/mol. The van der Waals surface area contributed by atoms with Crippen molar-refractivity contribution in [2.24, 2.45) is 0 Å². The highest BCUT2D eigenvalue weighted by molar-refractivity contribution is 5.74. The quantitative estimate of drug-likeness (QED) is 0.848. The minimum Gasteiger partial charge on any atom is -0.435 e. The molecule has 2 rings (SSSR count). The molecule has 1 aliphatic rings. The summed E-state index contributed by atoms with van der Waals surface area (Å²) < 4.78 is 28.3. The van der Waals surface area contributed by atoms with Crippen molar-refractivity contribution in [2.75, 3.05) is 6.54 Å². The van der Waals surface area contributed by atoms with Crippen LogP contribution in [0, 0.1) is 0 Å². The van der Waals surface area contributed by atoms with Gasteiger partial charge in [-0.05, 0) is 37.0 Å². The van der Waals surface area contributed by atoms with Crippen LogP contribution in [0.15, 0.2) is 24.3 Å². The van der Waals surface area contributed by atoms with Gasteiger partial charge in [-0.2, -0.15) is 8.78 Å². The summed E-state index contributed by atoms with van der Waals surface area (Å²) in [6.07, 6.45) is 5.11. The number of benzene rings is 1. The zero-order chi connectivity index (χ0) is 15.1. The van der Waals surface area contributed by atoms with Crippen LogP contribution in [0.2, 0.25) is 0 Å². The smallest absolute Gasteiger partial charge is 0.387 e. The largest absolute Gasteiger partial charge is 0.435 e. The van der Waals surface area contributed by atoms with E-state index in [-0.39, 0.29) is 11.8 Å². The summed E-state index contributed by atoms with van der Waals surface area (Å²) in [7, 11) is 0. The molecule has 1 aromatic carbocycles. The fourth-order valence-corrected chi connectivity index (χ4v) is 2.46. The van der Waals surface area contributed by atoms with Crippen molar-refractivity contribution >= 4 is 6.03 Å². The summed E-state index contributed by atoms with van der Waals surface area (Å²) in [6, 6.07) is 6.60. The van der Waals surface area contributed by atoms with E-state index in [0.717, 1.165) is 18.4 Å². The Morgan fingerprint density at radius 2 is 1.90 bits per heavy atom. The van der Waals surface area contributed by atoms with Gasteiger partial charge < -0.3 is 15.4 Å². The number of rotatable bonds is 6. The number of alkyl halides is 2. The third-order valence-electron chi connectivity index (χ3n) is 3.54. The summed E-state index contributed by atoms with van der Waals surface area (Å²) >= 11 is 0. The predicted octanol–water partition coefficient (Wildman–Crippen LogP) is 3.07. The molecule has 2 amide bonds. The molecule has 1 saturated carbocycles. The van der Waals surface area contributed by atoms with Gasteiger partial charge in [-0.25, -0.2) is 4.79 Å². The minimum atomic E-state index is -2.81. The number of ether oxygens (including phenoxy) is 1. The summed E-state index contributed by atoms with van der Waals surface area (Å²) in [5.41, 5.74) is 0.956. The number of hydrogen-bond donors (Lipinski definition) is 2. The maximum Gasteiger partial charge on any atom is 0.387 e. The third kappa shape index (κ3) is 5.57. The van der Waals surface area contributed by atoms with Crippen LogP contribution >= 0.6 is 0 Å². The van der Waals surface area contributed by atoms with E-state index in [9.17, 15) is 13.6 Å². The van der Waals surface area contributed by atoms with Crippen LogP contribution in [0.25, 0.3) is 0 Å². The number of amides is 2. The Morgan fingerprint density at radius 3 is 2.52 bits per heavy atom. The molecule has 0 saturated heterocycles. The molecule has 0 spiro atoms. The monoisotopic (exact) mass is 298 g/mol. The number of urea groups is 1. The molecule has 0 unspecified atom stereocenters. The Labute approximate surface area is 122 Å². The van der Waals surface area contributed by atoms with Gasteiger partial charge in [0.2, 0.25) is 0 Å². The molecule has 0 aliphatic heterocycles. The van der Waals surface area contributed by atoms with Crippen molar-refractivity contribution in [3.05, 3.63) is 29.8 Å². The Kier molecular flexibility index (Phi) is 5.78. The number of nitrogens with one attached hydrogen (secondary N) is 2. The van der Waals surface area contributed by atoms with E-state index in [4.69, 9.17) is 0 Å². The van der Waals surface area contributed by atoms with Crippen molar-refractivity contribution in [2.45, 2.75) is 44.8 Å². The summed E-state index contributed by atoms with van der Waals surface area (Å²) in [5, 5.41) is 5.75. The second kappa shape index (κ2) is 7.81. The molecule has 0 heterocycles. The highest BCUT2D eigenvalue weighted by Crippen LogP contribution is 2.17. The molecule has 0 bridgehead atoms. The van der Waals surface area contributed by atoms with E-state index in [1.807, 2.05) is 0 Å². The van der Waals surface area contributed by atoms with E-state index in [1.165, 1.54) is 25.0 Å². The van der Waals surface area contributed by atoms with Gasteiger partial charge in [0.05, 0.1) is 0 Å². The number of carbonyl (C=O) groups excluding carboxylic acids is 1. The lowest BCUT2D eigenvalue weighted by Gasteiger charge is -2.13. The van der Waals surface area contributed by atoms with E-state index in [1.54, 1.807) is 12.1 Å². The second-order valence-electron chi connectivity index (χ2n) is 5.15. The van der Waals surface area contributed by atoms with Crippen molar-refractivity contribution < 1.29 is 18.3 Å². The van der Waals surface area contributed by atoms with Crippen LogP contribution in [0.5, 0.6) is 5.75 Å². The summed E-state index contributed by atoms with van der Waals surface area (Å²) in [6.45, 7) is -2.30. The van der Waals surface area contributed by atoms with Crippen molar-refractivity contribution in [1.82, 2.24) is 10.6 Å². The zero-order valence-electron chi connectivity index (χ0n) is 11.8. The van der Waals surface area contributed by atoms with Crippen LogP contribution in [0.4, 0.5) is 13.6 Å². The van der Waals surface area contributed by atoms with Crippen LogP contribution in [0.1, 0.15) is 31.2 Å². The van der Waals surface area contributed by atoms with Crippen molar-refractivity contribution in [3.63, 3.8) is 0 Å². The van der Waals surface area contributed by atoms with Crippen LogP contribution in [-0.2, 0) is 6.42 Å². The first-order valence-corrected chi connectivity index (χ1v) is 7.21. The lowest BCUT2D eigenvalue weighted by atomic mass is 10.1. The van der Waals surface area contributed by atoms with Crippen LogP contribution in [-0.4, -0.2) is 25.2 Å². The van der Waals surface area contributed by atoms with Gasteiger partial charge in [-0.1, -0.05) is 25.0 Å². The molecule has 2 N–H and O–H groups in total. The van der Waals surface area contributed by atoms with E-state index < -0.39 is 6.61 Å². The molecule has 21 heavy (non-hydrogen) atoms. The molecule has 0 atom stereocenters. The Balaban J connectivity index is 1.66. The highest BCUT2D eigenvalue weighted by Gasteiger charge is 2.16. The molecule has 1 fully saturated rings. The average Bonchev–Trinajstić information content (AvgIpc) is 2.93. The Bertz CT molecular complexity index is 445. The number of hydrogen-bond acceptors (Lipinski definition) is 2. The molecule has 0 aromatic heterocycles. The zero-order valence-corrected chi connectivity index (χ0v) is 11.8.